The number of rotatable bonds is 6. The highest BCUT2D eigenvalue weighted by Crippen LogP contribution is 2.32. The molecule has 0 aliphatic heterocycles. The molecule has 2 aliphatic rings. The highest BCUT2D eigenvalue weighted by molar-refractivity contribution is 6.05. The number of hydrogen-bond donors (Lipinski definition) is 0. The van der Waals surface area contributed by atoms with Crippen LogP contribution < -0.4 is 4.74 Å². The van der Waals surface area contributed by atoms with Crippen LogP contribution in [0.3, 0.4) is 0 Å². The summed E-state index contributed by atoms with van der Waals surface area (Å²) in [6.07, 6.45) is 1.61. The van der Waals surface area contributed by atoms with Crippen molar-refractivity contribution in [3.8, 4) is 16.9 Å². The largest absolute Gasteiger partial charge is 0.485 e. The highest BCUT2D eigenvalue weighted by atomic mass is 16.5. The molecule has 1 aromatic carbocycles. The van der Waals surface area contributed by atoms with E-state index in [0.717, 1.165) is 35.0 Å². The fourth-order valence-electron chi connectivity index (χ4n) is 3.03. The molecule has 1 aromatic rings. The Bertz CT molecular complexity index is 896. The predicted molar refractivity (Wildman–Crippen MR) is 98.8 cm³/mol. The third kappa shape index (κ3) is 3.45. The zero-order valence-electron chi connectivity index (χ0n) is 14.4. The van der Waals surface area contributed by atoms with E-state index in [9.17, 15) is 9.59 Å². The maximum Gasteiger partial charge on any atom is 0.200 e. The summed E-state index contributed by atoms with van der Waals surface area (Å²) in [5.74, 6) is 0.347. The van der Waals surface area contributed by atoms with Crippen LogP contribution in [0.4, 0.5) is 0 Å². The normalized spacial score (nSPS) is 10.6. The van der Waals surface area contributed by atoms with Gasteiger partial charge in [-0.25, -0.2) is 0 Å². The molecule has 3 heteroatoms. The van der Waals surface area contributed by atoms with Crippen molar-refractivity contribution < 1.29 is 14.3 Å². The number of aryl methyl sites for hydroxylation is 2. The highest BCUT2D eigenvalue weighted by Gasteiger charge is 2.19. The van der Waals surface area contributed by atoms with Gasteiger partial charge in [-0.15, -0.1) is 0 Å². The van der Waals surface area contributed by atoms with Crippen LogP contribution in [0.5, 0.6) is 5.75 Å². The summed E-state index contributed by atoms with van der Waals surface area (Å²) in [6.45, 7) is 3.89. The minimum atomic E-state index is -0.0925. The molecule has 0 aromatic heterocycles. The molecule has 0 atom stereocenters. The predicted octanol–water partition coefficient (Wildman–Crippen LogP) is 4.74. The van der Waals surface area contributed by atoms with E-state index in [1.165, 1.54) is 0 Å². The summed E-state index contributed by atoms with van der Waals surface area (Å²) >= 11 is 0. The number of aldehydes is 1. The van der Waals surface area contributed by atoms with Gasteiger partial charge >= 0.3 is 0 Å². The lowest BCUT2D eigenvalue weighted by Crippen LogP contribution is -2.12. The summed E-state index contributed by atoms with van der Waals surface area (Å²) < 4.78 is 5.63. The van der Waals surface area contributed by atoms with Crippen molar-refractivity contribution in [3.63, 3.8) is 0 Å². The van der Waals surface area contributed by atoms with Gasteiger partial charge in [-0.2, -0.15) is 0 Å². The maximum absolute atomic E-state index is 12.7. The third-order valence-electron chi connectivity index (χ3n) is 4.33. The quantitative estimate of drug-likeness (QED) is 0.484. The Labute approximate surface area is 147 Å². The minimum absolute atomic E-state index is 0.0895. The van der Waals surface area contributed by atoms with Crippen LogP contribution in [-0.4, -0.2) is 18.7 Å². The number of hydrogen-bond acceptors (Lipinski definition) is 3. The van der Waals surface area contributed by atoms with Crippen LogP contribution in [0.25, 0.3) is 11.1 Å². The van der Waals surface area contributed by atoms with Crippen LogP contribution in [0.1, 0.15) is 38.8 Å². The van der Waals surface area contributed by atoms with Gasteiger partial charge in [0, 0.05) is 5.56 Å². The molecule has 3 rings (SSSR count). The molecular formula is C22H20O3. The SMILES string of the molecule is CCc1cc(C(=O)COc2ccc(C)cc2C=O)c2cccccc1-2. The molecule has 0 radical (unpaired) electrons. The Morgan fingerprint density at radius 1 is 1.04 bits per heavy atom. The smallest absolute Gasteiger partial charge is 0.200 e. The first-order chi connectivity index (χ1) is 12.1. The number of Topliss-reactive ketones (excluding diaryl/α,β-unsaturated/α-hetero) is 1. The zero-order chi connectivity index (χ0) is 17.8. The van der Waals surface area contributed by atoms with Crippen LogP contribution in [0, 0.1) is 6.92 Å². The summed E-state index contributed by atoms with van der Waals surface area (Å²) in [6, 6.07) is 17.2. The molecule has 0 spiro atoms. The van der Waals surface area contributed by atoms with Gasteiger partial charge in [0.25, 0.3) is 0 Å². The molecule has 2 aliphatic carbocycles. The van der Waals surface area contributed by atoms with Crippen molar-refractivity contribution in [2.24, 2.45) is 0 Å². The fourth-order valence-corrected chi connectivity index (χ4v) is 3.03. The molecule has 126 valence electrons. The second kappa shape index (κ2) is 7.31. The molecule has 25 heavy (non-hydrogen) atoms. The molecule has 0 fully saturated rings. The van der Waals surface area contributed by atoms with Crippen molar-refractivity contribution in [1.29, 1.82) is 0 Å². The summed E-state index contributed by atoms with van der Waals surface area (Å²) in [5.41, 5.74) is 5.29. The van der Waals surface area contributed by atoms with E-state index in [1.807, 2.05) is 49.4 Å². The number of benzene rings is 1. The molecule has 0 bridgehead atoms. The van der Waals surface area contributed by atoms with Gasteiger partial charge < -0.3 is 4.74 Å². The molecule has 3 nitrogen and oxygen atoms in total. The van der Waals surface area contributed by atoms with Crippen LogP contribution >= 0.6 is 0 Å². The number of ether oxygens (including phenoxy) is 1. The van der Waals surface area contributed by atoms with E-state index in [2.05, 4.69) is 6.92 Å². The monoisotopic (exact) mass is 332 g/mol. The average Bonchev–Trinajstić information content (AvgIpc) is 2.80. The number of carbonyl (C=O) groups excluding carboxylic acids is 2. The Morgan fingerprint density at radius 3 is 2.52 bits per heavy atom. The number of carbonyl (C=O) groups is 2. The van der Waals surface area contributed by atoms with Gasteiger partial charge in [-0.1, -0.05) is 48.9 Å². The lowest BCUT2D eigenvalue weighted by Gasteiger charge is -2.08. The minimum Gasteiger partial charge on any atom is -0.485 e. The molecule has 0 heterocycles. The van der Waals surface area contributed by atoms with Gasteiger partial charge in [0.15, 0.2) is 12.9 Å². The lowest BCUT2D eigenvalue weighted by atomic mass is 10.1. The van der Waals surface area contributed by atoms with Crippen molar-refractivity contribution in [2.45, 2.75) is 20.3 Å². The van der Waals surface area contributed by atoms with E-state index in [0.29, 0.717) is 16.9 Å². The van der Waals surface area contributed by atoms with Gasteiger partial charge in [-0.05, 0) is 48.2 Å². The second-order valence-electron chi connectivity index (χ2n) is 6.05. The second-order valence-corrected chi connectivity index (χ2v) is 6.05. The van der Waals surface area contributed by atoms with Crippen molar-refractivity contribution in [2.75, 3.05) is 6.61 Å². The maximum atomic E-state index is 12.7. The van der Waals surface area contributed by atoms with Gasteiger partial charge in [0.05, 0.1) is 5.56 Å². The Hall–Kier alpha value is -2.94. The first kappa shape index (κ1) is 16.9. The van der Waals surface area contributed by atoms with E-state index < -0.39 is 0 Å². The van der Waals surface area contributed by atoms with Gasteiger partial charge in [0.1, 0.15) is 5.75 Å². The molecular weight excluding hydrogens is 312 g/mol. The van der Waals surface area contributed by atoms with E-state index in [-0.39, 0.29) is 12.4 Å². The van der Waals surface area contributed by atoms with E-state index >= 15 is 0 Å². The van der Waals surface area contributed by atoms with Crippen LogP contribution in [-0.2, 0) is 6.42 Å². The molecule has 0 amide bonds. The number of ketones is 1. The average molecular weight is 332 g/mol. The molecule has 0 unspecified atom stereocenters. The summed E-state index contributed by atoms with van der Waals surface area (Å²) in [5, 5.41) is 0. The van der Waals surface area contributed by atoms with Gasteiger partial charge in [0.2, 0.25) is 5.78 Å². The van der Waals surface area contributed by atoms with Crippen LogP contribution in [0.15, 0.2) is 54.6 Å². The fraction of sp³-hybridized carbons (Fsp3) is 0.182. The zero-order valence-corrected chi connectivity index (χ0v) is 14.4. The summed E-state index contributed by atoms with van der Waals surface area (Å²) in [7, 11) is 0. The first-order valence-electron chi connectivity index (χ1n) is 8.36. The van der Waals surface area contributed by atoms with E-state index in [1.54, 1.807) is 12.1 Å². The standard InChI is InChI=1S/C22H20O3/c1-3-16-12-20(19-8-6-4-5-7-18(16)19)21(24)14-25-22-10-9-15(2)11-17(22)13-23/h4-13H,3,14H2,1-2H3. The molecule has 0 N–H and O–H groups in total. The lowest BCUT2D eigenvalue weighted by molar-refractivity contribution is 0.0919. The summed E-state index contributed by atoms with van der Waals surface area (Å²) in [4.78, 5) is 23.9. The van der Waals surface area contributed by atoms with Crippen molar-refractivity contribution in [3.05, 3.63) is 76.9 Å². The van der Waals surface area contributed by atoms with Crippen molar-refractivity contribution >= 4 is 12.1 Å². The first-order valence-corrected chi connectivity index (χ1v) is 8.36. The van der Waals surface area contributed by atoms with Crippen LogP contribution in [0.2, 0.25) is 0 Å². The molecule has 0 saturated carbocycles. The molecule has 0 saturated heterocycles. The van der Waals surface area contributed by atoms with Gasteiger partial charge in [-0.3, -0.25) is 9.59 Å². The Balaban J connectivity index is 1.86. The third-order valence-corrected chi connectivity index (χ3v) is 4.33. The Kier molecular flexibility index (Phi) is 4.94. The van der Waals surface area contributed by atoms with Crippen molar-refractivity contribution in [1.82, 2.24) is 0 Å². The Morgan fingerprint density at radius 2 is 1.80 bits per heavy atom. The topological polar surface area (TPSA) is 43.4 Å². The number of fused-ring (bicyclic) bond motifs is 1. The van der Waals surface area contributed by atoms with E-state index in [4.69, 9.17) is 4.74 Å².